The fraction of sp³-hybridized carbons (Fsp3) is 0.588. The van der Waals surface area contributed by atoms with Crippen LogP contribution in [0, 0.1) is 0 Å². The highest BCUT2D eigenvalue weighted by atomic mass is 32.2. The van der Waals surface area contributed by atoms with E-state index in [0.717, 1.165) is 32.1 Å². The van der Waals surface area contributed by atoms with Crippen molar-refractivity contribution in [1.29, 1.82) is 0 Å². The molecule has 0 spiro atoms. The minimum absolute atomic E-state index is 0.0631. The lowest BCUT2D eigenvalue weighted by Crippen LogP contribution is -2.29. The maximum absolute atomic E-state index is 12.8. The largest absolute Gasteiger partial charge is 0.495 e. The molecular formula is C17H26N2O4S. The van der Waals surface area contributed by atoms with Crippen molar-refractivity contribution >= 4 is 15.9 Å². The Kier molecular flexibility index (Phi) is 6.62. The molecule has 1 aliphatic heterocycles. The maximum Gasteiger partial charge on any atom is 0.251 e. The summed E-state index contributed by atoms with van der Waals surface area (Å²) in [5.74, 6) is 0.0102. The van der Waals surface area contributed by atoms with Crippen LogP contribution in [-0.4, -0.2) is 45.4 Å². The number of benzene rings is 1. The molecule has 2 rings (SSSR count). The van der Waals surface area contributed by atoms with Gasteiger partial charge in [-0.15, -0.1) is 0 Å². The smallest absolute Gasteiger partial charge is 0.251 e. The first-order valence-corrected chi connectivity index (χ1v) is 9.91. The van der Waals surface area contributed by atoms with E-state index in [1.165, 1.54) is 17.5 Å². The molecule has 0 atom stereocenters. The summed E-state index contributed by atoms with van der Waals surface area (Å²) in [5.41, 5.74) is 0.338. The van der Waals surface area contributed by atoms with Gasteiger partial charge in [0.15, 0.2) is 0 Å². The first-order chi connectivity index (χ1) is 11.5. The Bertz CT molecular complexity index is 667. The Hall–Kier alpha value is -1.60. The molecule has 1 N–H and O–H groups in total. The van der Waals surface area contributed by atoms with E-state index >= 15 is 0 Å². The van der Waals surface area contributed by atoms with Gasteiger partial charge in [0, 0.05) is 25.2 Å². The third-order valence-corrected chi connectivity index (χ3v) is 6.09. The molecule has 1 heterocycles. The quantitative estimate of drug-likeness (QED) is 0.728. The zero-order chi connectivity index (χ0) is 17.6. The number of nitrogens with one attached hydrogen (secondary N) is 1. The molecule has 1 amide bonds. The van der Waals surface area contributed by atoms with Gasteiger partial charge in [-0.05, 0) is 37.5 Å². The number of unbranched alkanes of at least 4 members (excludes halogenated alkanes) is 2. The molecule has 1 saturated heterocycles. The summed E-state index contributed by atoms with van der Waals surface area (Å²) in [6.45, 7) is 3.71. The van der Waals surface area contributed by atoms with Gasteiger partial charge in [0.2, 0.25) is 10.0 Å². The van der Waals surface area contributed by atoms with Crippen LogP contribution in [0.4, 0.5) is 0 Å². The molecule has 24 heavy (non-hydrogen) atoms. The number of ether oxygens (including phenoxy) is 1. The summed E-state index contributed by atoms with van der Waals surface area (Å²) in [6.07, 6.45) is 4.77. The number of nitrogens with zero attached hydrogens (tertiary/aromatic N) is 1. The Labute approximate surface area is 144 Å². The van der Waals surface area contributed by atoms with Gasteiger partial charge in [-0.2, -0.15) is 4.31 Å². The molecule has 6 nitrogen and oxygen atoms in total. The van der Waals surface area contributed by atoms with Gasteiger partial charge in [-0.25, -0.2) is 8.42 Å². The molecule has 7 heteroatoms. The lowest BCUT2D eigenvalue weighted by Gasteiger charge is -2.18. The fourth-order valence-electron chi connectivity index (χ4n) is 2.77. The molecule has 0 saturated carbocycles. The predicted octanol–water partition coefficient (Wildman–Crippen LogP) is 2.40. The van der Waals surface area contributed by atoms with Crippen molar-refractivity contribution < 1.29 is 17.9 Å². The number of methoxy groups -OCH3 is 1. The second-order valence-electron chi connectivity index (χ2n) is 5.94. The molecule has 1 aromatic carbocycles. The van der Waals surface area contributed by atoms with Crippen molar-refractivity contribution in [3.05, 3.63) is 23.8 Å². The summed E-state index contributed by atoms with van der Waals surface area (Å²) < 4.78 is 32.3. The topological polar surface area (TPSA) is 75.7 Å². The van der Waals surface area contributed by atoms with Crippen molar-refractivity contribution in [2.45, 2.75) is 43.9 Å². The van der Waals surface area contributed by atoms with Gasteiger partial charge >= 0.3 is 0 Å². The number of sulfonamides is 1. The molecule has 0 unspecified atom stereocenters. The van der Waals surface area contributed by atoms with Crippen molar-refractivity contribution in [2.24, 2.45) is 0 Å². The van der Waals surface area contributed by atoms with Crippen LogP contribution in [0.5, 0.6) is 5.75 Å². The summed E-state index contributed by atoms with van der Waals surface area (Å²) >= 11 is 0. The molecule has 1 aromatic rings. The van der Waals surface area contributed by atoms with E-state index in [-0.39, 0.29) is 16.6 Å². The predicted molar refractivity (Wildman–Crippen MR) is 92.8 cm³/mol. The van der Waals surface area contributed by atoms with Crippen LogP contribution in [0.1, 0.15) is 49.4 Å². The minimum atomic E-state index is -3.64. The summed E-state index contributed by atoms with van der Waals surface area (Å²) in [7, 11) is -2.20. The zero-order valence-electron chi connectivity index (χ0n) is 14.4. The summed E-state index contributed by atoms with van der Waals surface area (Å²) in [6, 6.07) is 4.56. The normalized spacial score (nSPS) is 15.4. The number of hydrogen-bond acceptors (Lipinski definition) is 4. The van der Waals surface area contributed by atoms with Crippen LogP contribution in [0.2, 0.25) is 0 Å². The molecule has 0 bridgehead atoms. The van der Waals surface area contributed by atoms with Crippen LogP contribution in [0.15, 0.2) is 23.1 Å². The fourth-order valence-corrected chi connectivity index (χ4v) is 4.46. The lowest BCUT2D eigenvalue weighted by atomic mass is 10.2. The standard InChI is InChI=1S/C17H26N2O4S/c1-3-4-5-10-18-17(20)14-8-9-15(23-2)16(13-14)24(21,22)19-11-6-7-12-19/h8-9,13H,3-7,10-12H2,1-2H3,(H,18,20). The van der Waals surface area contributed by atoms with Crippen molar-refractivity contribution in [2.75, 3.05) is 26.7 Å². The van der Waals surface area contributed by atoms with E-state index in [4.69, 9.17) is 4.74 Å². The molecule has 134 valence electrons. The van der Waals surface area contributed by atoms with E-state index in [0.29, 0.717) is 25.2 Å². The van der Waals surface area contributed by atoms with Crippen LogP contribution >= 0.6 is 0 Å². The van der Waals surface area contributed by atoms with Crippen molar-refractivity contribution in [1.82, 2.24) is 9.62 Å². The maximum atomic E-state index is 12.8. The Balaban J connectivity index is 2.22. The minimum Gasteiger partial charge on any atom is -0.495 e. The monoisotopic (exact) mass is 354 g/mol. The Morgan fingerprint density at radius 1 is 1.25 bits per heavy atom. The first kappa shape index (κ1) is 18.7. The zero-order valence-corrected chi connectivity index (χ0v) is 15.2. The number of hydrogen-bond donors (Lipinski definition) is 1. The highest BCUT2D eigenvalue weighted by molar-refractivity contribution is 7.89. The third-order valence-electron chi connectivity index (χ3n) is 4.17. The Morgan fingerprint density at radius 2 is 1.96 bits per heavy atom. The molecule has 0 aliphatic carbocycles. The highest BCUT2D eigenvalue weighted by Crippen LogP contribution is 2.29. The molecular weight excluding hydrogens is 328 g/mol. The first-order valence-electron chi connectivity index (χ1n) is 8.47. The van der Waals surface area contributed by atoms with E-state index in [1.54, 1.807) is 12.1 Å². The van der Waals surface area contributed by atoms with E-state index < -0.39 is 10.0 Å². The van der Waals surface area contributed by atoms with E-state index in [1.807, 2.05) is 0 Å². The Morgan fingerprint density at radius 3 is 2.58 bits per heavy atom. The van der Waals surface area contributed by atoms with Crippen LogP contribution in [0.25, 0.3) is 0 Å². The van der Waals surface area contributed by atoms with Crippen molar-refractivity contribution in [3.63, 3.8) is 0 Å². The van der Waals surface area contributed by atoms with Gasteiger partial charge < -0.3 is 10.1 Å². The van der Waals surface area contributed by atoms with Gasteiger partial charge in [-0.1, -0.05) is 19.8 Å². The second-order valence-corrected chi connectivity index (χ2v) is 7.85. The van der Waals surface area contributed by atoms with Crippen molar-refractivity contribution in [3.8, 4) is 5.75 Å². The molecule has 1 aliphatic rings. The van der Waals surface area contributed by atoms with E-state index in [9.17, 15) is 13.2 Å². The molecule has 0 radical (unpaired) electrons. The van der Waals surface area contributed by atoms with Gasteiger partial charge in [0.05, 0.1) is 7.11 Å². The average Bonchev–Trinajstić information content (AvgIpc) is 3.13. The van der Waals surface area contributed by atoms with Crippen LogP contribution in [-0.2, 0) is 10.0 Å². The number of carbonyl (C=O) groups is 1. The lowest BCUT2D eigenvalue weighted by molar-refractivity contribution is 0.0952. The number of carbonyl (C=O) groups excluding carboxylic acids is 1. The summed E-state index contributed by atoms with van der Waals surface area (Å²) in [5, 5.41) is 2.83. The highest BCUT2D eigenvalue weighted by Gasteiger charge is 2.30. The summed E-state index contributed by atoms with van der Waals surface area (Å²) in [4.78, 5) is 12.3. The van der Waals surface area contributed by atoms with Crippen LogP contribution < -0.4 is 10.1 Å². The molecule has 1 fully saturated rings. The number of rotatable bonds is 8. The average molecular weight is 354 g/mol. The van der Waals surface area contributed by atoms with Gasteiger partial charge in [0.1, 0.15) is 10.6 Å². The molecule has 0 aromatic heterocycles. The van der Waals surface area contributed by atoms with Gasteiger partial charge in [0.25, 0.3) is 5.91 Å². The van der Waals surface area contributed by atoms with Crippen LogP contribution in [0.3, 0.4) is 0 Å². The third kappa shape index (κ3) is 4.27. The van der Waals surface area contributed by atoms with Gasteiger partial charge in [-0.3, -0.25) is 4.79 Å². The second kappa shape index (κ2) is 8.48. The van der Waals surface area contributed by atoms with E-state index in [2.05, 4.69) is 12.2 Å². The SMILES string of the molecule is CCCCCNC(=O)c1ccc(OC)c(S(=O)(=O)N2CCCC2)c1. The number of amides is 1.